The number of hydrogen-bond acceptors (Lipinski definition) is 2. The first-order chi connectivity index (χ1) is 8.75. The van der Waals surface area contributed by atoms with Crippen LogP contribution in [0.3, 0.4) is 0 Å². The molecule has 18 heavy (non-hydrogen) atoms. The molecule has 0 saturated heterocycles. The fraction of sp³-hybridized carbons (Fsp3) is 1.00. The van der Waals surface area contributed by atoms with Crippen LogP contribution in [-0.2, 0) is 0 Å². The highest BCUT2D eigenvalue weighted by molar-refractivity contribution is 4.80. The van der Waals surface area contributed by atoms with Crippen LogP contribution in [0, 0.1) is 5.92 Å². The maximum atomic E-state index is 3.77. The Balaban J connectivity index is 1.69. The van der Waals surface area contributed by atoms with Crippen molar-refractivity contribution in [1.82, 2.24) is 10.2 Å². The van der Waals surface area contributed by atoms with Gasteiger partial charge >= 0.3 is 0 Å². The maximum absolute atomic E-state index is 3.77. The molecule has 0 aromatic rings. The summed E-state index contributed by atoms with van der Waals surface area (Å²) in [6.07, 6.45) is 11.5. The van der Waals surface area contributed by atoms with Crippen molar-refractivity contribution in [2.24, 2.45) is 5.92 Å². The average molecular weight is 252 g/mol. The summed E-state index contributed by atoms with van der Waals surface area (Å²) in [6, 6.07) is 1.72. The lowest BCUT2D eigenvalue weighted by Gasteiger charge is -2.31. The van der Waals surface area contributed by atoms with E-state index in [9.17, 15) is 0 Å². The van der Waals surface area contributed by atoms with Gasteiger partial charge in [0.15, 0.2) is 0 Å². The minimum Gasteiger partial charge on any atom is -0.313 e. The van der Waals surface area contributed by atoms with Crippen molar-refractivity contribution in [2.75, 3.05) is 19.6 Å². The number of nitrogens with zero attached hydrogens (tertiary/aromatic N) is 1. The zero-order valence-corrected chi connectivity index (χ0v) is 12.5. The molecule has 2 aliphatic rings. The standard InChI is InChI=1S/C16H32N2/c1-14(2)13-18(16-9-5-6-10-16)12-11-17-15-7-3-4-8-15/h14-17H,3-13H2,1-2H3. The molecule has 1 N–H and O–H groups in total. The van der Waals surface area contributed by atoms with E-state index in [0.717, 1.165) is 18.0 Å². The van der Waals surface area contributed by atoms with Gasteiger partial charge in [0, 0.05) is 31.7 Å². The third-order valence-electron chi connectivity index (χ3n) is 4.63. The lowest BCUT2D eigenvalue weighted by atomic mass is 10.1. The lowest BCUT2D eigenvalue weighted by molar-refractivity contribution is 0.176. The summed E-state index contributed by atoms with van der Waals surface area (Å²) in [5.74, 6) is 0.803. The van der Waals surface area contributed by atoms with Crippen LogP contribution in [0.2, 0.25) is 0 Å². The second kappa shape index (κ2) is 7.49. The summed E-state index contributed by atoms with van der Waals surface area (Å²) in [7, 11) is 0. The first kappa shape index (κ1) is 14.3. The van der Waals surface area contributed by atoms with Gasteiger partial charge in [-0.2, -0.15) is 0 Å². The third-order valence-corrected chi connectivity index (χ3v) is 4.63. The van der Waals surface area contributed by atoms with E-state index in [1.807, 2.05) is 0 Å². The van der Waals surface area contributed by atoms with E-state index < -0.39 is 0 Å². The molecule has 2 saturated carbocycles. The Hall–Kier alpha value is -0.0800. The Kier molecular flexibility index (Phi) is 5.97. The van der Waals surface area contributed by atoms with E-state index in [1.165, 1.54) is 71.0 Å². The molecular formula is C16H32N2. The normalized spacial score (nSPS) is 22.7. The molecule has 0 unspecified atom stereocenters. The van der Waals surface area contributed by atoms with E-state index in [-0.39, 0.29) is 0 Å². The molecule has 2 heteroatoms. The molecule has 2 nitrogen and oxygen atoms in total. The van der Waals surface area contributed by atoms with Crippen molar-refractivity contribution in [2.45, 2.75) is 77.3 Å². The summed E-state index contributed by atoms with van der Waals surface area (Å²) in [5, 5.41) is 3.77. The van der Waals surface area contributed by atoms with Gasteiger partial charge in [0.1, 0.15) is 0 Å². The Morgan fingerprint density at radius 1 is 1.00 bits per heavy atom. The van der Waals surface area contributed by atoms with Gasteiger partial charge in [-0.05, 0) is 31.6 Å². The highest BCUT2D eigenvalue weighted by atomic mass is 15.2. The quantitative estimate of drug-likeness (QED) is 0.747. The molecule has 2 fully saturated rings. The van der Waals surface area contributed by atoms with Crippen LogP contribution in [-0.4, -0.2) is 36.6 Å². The van der Waals surface area contributed by atoms with Crippen molar-refractivity contribution < 1.29 is 0 Å². The molecule has 0 spiro atoms. The minimum absolute atomic E-state index is 0.803. The van der Waals surface area contributed by atoms with Gasteiger partial charge in [0.2, 0.25) is 0 Å². The summed E-state index contributed by atoms with van der Waals surface area (Å²) in [6.45, 7) is 8.46. The van der Waals surface area contributed by atoms with Gasteiger partial charge in [-0.15, -0.1) is 0 Å². The molecule has 0 aliphatic heterocycles. The molecule has 0 amide bonds. The summed E-state index contributed by atoms with van der Waals surface area (Å²) in [4.78, 5) is 2.76. The van der Waals surface area contributed by atoms with Crippen LogP contribution >= 0.6 is 0 Å². The predicted molar refractivity (Wildman–Crippen MR) is 78.9 cm³/mol. The van der Waals surface area contributed by atoms with Gasteiger partial charge in [-0.25, -0.2) is 0 Å². The Morgan fingerprint density at radius 2 is 1.61 bits per heavy atom. The number of nitrogens with one attached hydrogen (secondary N) is 1. The van der Waals surface area contributed by atoms with Crippen molar-refractivity contribution in [3.8, 4) is 0 Å². The molecule has 0 bridgehead atoms. The number of rotatable bonds is 7. The third kappa shape index (κ3) is 4.55. The van der Waals surface area contributed by atoms with E-state index in [2.05, 4.69) is 24.1 Å². The first-order valence-electron chi connectivity index (χ1n) is 8.23. The SMILES string of the molecule is CC(C)CN(CCNC1CCCC1)C1CCCC1. The smallest absolute Gasteiger partial charge is 0.0110 e. The molecule has 2 aliphatic carbocycles. The Labute approximate surface area is 114 Å². The molecule has 0 radical (unpaired) electrons. The van der Waals surface area contributed by atoms with Crippen LogP contribution in [0.25, 0.3) is 0 Å². The molecule has 106 valence electrons. The van der Waals surface area contributed by atoms with E-state index >= 15 is 0 Å². The fourth-order valence-corrected chi connectivity index (χ4v) is 3.70. The van der Waals surface area contributed by atoms with Crippen molar-refractivity contribution in [1.29, 1.82) is 0 Å². The largest absolute Gasteiger partial charge is 0.313 e. The summed E-state index contributed by atoms with van der Waals surface area (Å²) in [5.41, 5.74) is 0. The molecule has 0 aromatic heterocycles. The second-order valence-electron chi connectivity index (χ2n) is 6.76. The van der Waals surface area contributed by atoms with E-state index in [0.29, 0.717) is 0 Å². The van der Waals surface area contributed by atoms with Gasteiger partial charge in [0.05, 0.1) is 0 Å². The first-order valence-corrected chi connectivity index (χ1v) is 8.23. The zero-order chi connectivity index (χ0) is 12.8. The average Bonchev–Trinajstić information content (AvgIpc) is 3.00. The maximum Gasteiger partial charge on any atom is 0.0110 e. The molecule has 0 atom stereocenters. The van der Waals surface area contributed by atoms with Crippen LogP contribution in [0.4, 0.5) is 0 Å². The Morgan fingerprint density at radius 3 is 2.22 bits per heavy atom. The monoisotopic (exact) mass is 252 g/mol. The molecule has 2 rings (SSSR count). The molecular weight excluding hydrogens is 220 g/mol. The van der Waals surface area contributed by atoms with Crippen molar-refractivity contribution in [3.63, 3.8) is 0 Å². The van der Waals surface area contributed by atoms with Crippen LogP contribution in [0.5, 0.6) is 0 Å². The summed E-state index contributed by atoms with van der Waals surface area (Å²) >= 11 is 0. The highest BCUT2D eigenvalue weighted by Gasteiger charge is 2.23. The van der Waals surface area contributed by atoms with Crippen molar-refractivity contribution >= 4 is 0 Å². The topological polar surface area (TPSA) is 15.3 Å². The van der Waals surface area contributed by atoms with Gasteiger partial charge < -0.3 is 5.32 Å². The van der Waals surface area contributed by atoms with Gasteiger partial charge in [-0.1, -0.05) is 39.5 Å². The minimum atomic E-state index is 0.803. The fourth-order valence-electron chi connectivity index (χ4n) is 3.70. The number of hydrogen-bond donors (Lipinski definition) is 1. The molecule has 0 heterocycles. The highest BCUT2D eigenvalue weighted by Crippen LogP contribution is 2.24. The Bertz CT molecular complexity index is 215. The molecule has 0 aromatic carbocycles. The van der Waals surface area contributed by atoms with Gasteiger partial charge in [0.25, 0.3) is 0 Å². The van der Waals surface area contributed by atoms with Crippen molar-refractivity contribution in [3.05, 3.63) is 0 Å². The van der Waals surface area contributed by atoms with Crippen LogP contribution in [0.15, 0.2) is 0 Å². The predicted octanol–water partition coefficient (Wildman–Crippen LogP) is 3.42. The summed E-state index contributed by atoms with van der Waals surface area (Å²) < 4.78 is 0. The van der Waals surface area contributed by atoms with Gasteiger partial charge in [-0.3, -0.25) is 4.90 Å². The van der Waals surface area contributed by atoms with Crippen LogP contribution in [0.1, 0.15) is 65.2 Å². The van der Waals surface area contributed by atoms with E-state index in [4.69, 9.17) is 0 Å². The zero-order valence-electron chi connectivity index (χ0n) is 12.5. The van der Waals surface area contributed by atoms with E-state index in [1.54, 1.807) is 0 Å². The second-order valence-corrected chi connectivity index (χ2v) is 6.76. The van der Waals surface area contributed by atoms with Crippen LogP contribution < -0.4 is 5.32 Å². The lowest BCUT2D eigenvalue weighted by Crippen LogP contribution is -2.42.